The molecule has 1 saturated heterocycles. The van der Waals surface area contributed by atoms with Crippen molar-refractivity contribution < 1.29 is 23.1 Å². The number of carboxylic acid groups (broad SMARTS) is 1. The summed E-state index contributed by atoms with van der Waals surface area (Å²) in [5.74, 6) is -1.88. The Balaban J connectivity index is 2.61. The quantitative estimate of drug-likeness (QED) is 0.542. The van der Waals surface area contributed by atoms with Crippen LogP contribution in [0.4, 0.5) is 0 Å². The standard InChI is InChI=1S/C7H14N2O5S/c1-2-8-15(12,13)9-6-4-14-3-5(6)7(10)11/h5-6,8-9H,2-4H2,1H3,(H,10,11). The Hall–Kier alpha value is -0.700. The summed E-state index contributed by atoms with van der Waals surface area (Å²) in [4.78, 5) is 10.7. The summed E-state index contributed by atoms with van der Waals surface area (Å²) in [5.41, 5.74) is 0. The first-order valence-corrected chi connectivity index (χ1v) is 6.02. The van der Waals surface area contributed by atoms with Gasteiger partial charge in [0.25, 0.3) is 10.2 Å². The van der Waals surface area contributed by atoms with Gasteiger partial charge in [-0.2, -0.15) is 13.1 Å². The van der Waals surface area contributed by atoms with Crippen LogP contribution in [0.5, 0.6) is 0 Å². The highest BCUT2D eigenvalue weighted by Gasteiger charge is 2.36. The first kappa shape index (κ1) is 12.4. The van der Waals surface area contributed by atoms with Gasteiger partial charge in [0.05, 0.1) is 25.2 Å². The number of nitrogens with one attached hydrogen (secondary N) is 2. The second-order valence-corrected chi connectivity index (χ2v) is 4.74. The van der Waals surface area contributed by atoms with Crippen LogP contribution in [0.25, 0.3) is 0 Å². The van der Waals surface area contributed by atoms with Gasteiger partial charge in [0, 0.05) is 6.54 Å². The van der Waals surface area contributed by atoms with Crippen molar-refractivity contribution in [3.63, 3.8) is 0 Å². The van der Waals surface area contributed by atoms with E-state index >= 15 is 0 Å². The van der Waals surface area contributed by atoms with Crippen LogP contribution in [-0.2, 0) is 19.7 Å². The van der Waals surface area contributed by atoms with E-state index < -0.39 is 28.1 Å². The van der Waals surface area contributed by atoms with Crippen LogP contribution in [-0.4, -0.2) is 45.3 Å². The summed E-state index contributed by atoms with van der Waals surface area (Å²) in [5, 5.41) is 8.78. The highest BCUT2D eigenvalue weighted by Crippen LogP contribution is 2.14. The molecule has 3 N–H and O–H groups in total. The maximum Gasteiger partial charge on any atom is 0.310 e. The van der Waals surface area contributed by atoms with Crippen molar-refractivity contribution in [1.82, 2.24) is 9.44 Å². The number of hydrogen-bond acceptors (Lipinski definition) is 4. The number of ether oxygens (including phenoxy) is 1. The zero-order chi connectivity index (χ0) is 11.5. The molecule has 0 radical (unpaired) electrons. The third-order valence-corrected chi connectivity index (χ3v) is 3.32. The maximum absolute atomic E-state index is 11.3. The SMILES string of the molecule is CCNS(=O)(=O)NC1COCC1C(=O)O. The Kier molecular flexibility index (Phi) is 4.03. The molecular weight excluding hydrogens is 224 g/mol. The van der Waals surface area contributed by atoms with Crippen molar-refractivity contribution in [2.75, 3.05) is 19.8 Å². The molecule has 2 atom stereocenters. The first-order valence-electron chi connectivity index (χ1n) is 4.53. The van der Waals surface area contributed by atoms with Crippen molar-refractivity contribution >= 4 is 16.2 Å². The van der Waals surface area contributed by atoms with E-state index in [1.54, 1.807) is 6.92 Å². The molecule has 1 rings (SSSR count). The Labute approximate surface area is 88.0 Å². The Morgan fingerprint density at radius 1 is 1.53 bits per heavy atom. The van der Waals surface area contributed by atoms with Gasteiger partial charge in [0.2, 0.25) is 0 Å². The summed E-state index contributed by atoms with van der Waals surface area (Å²) in [6, 6.07) is -0.702. The third-order valence-electron chi connectivity index (χ3n) is 2.04. The lowest BCUT2D eigenvalue weighted by Crippen LogP contribution is -2.47. The molecule has 8 heteroatoms. The number of carboxylic acids is 1. The van der Waals surface area contributed by atoms with E-state index in [1.807, 2.05) is 0 Å². The molecule has 1 aliphatic heterocycles. The molecule has 0 aromatic carbocycles. The minimum Gasteiger partial charge on any atom is -0.481 e. The smallest absolute Gasteiger partial charge is 0.310 e. The molecule has 7 nitrogen and oxygen atoms in total. The third kappa shape index (κ3) is 3.42. The lowest BCUT2D eigenvalue weighted by atomic mass is 10.1. The van der Waals surface area contributed by atoms with E-state index in [2.05, 4.69) is 9.44 Å². The fourth-order valence-corrected chi connectivity index (χ4v) is 2.44. The van der Waals surface area contributed by atoms with Gasteiger partial charge in [-0.3, -0.25) is 4.79 Å². The zero-order valence-corrected chi connectivity index (χ0v) is 9.08. The molecule has 0 bridgehead atoms. The van der Waals surface area contributed by atoms with Crippen LogP contribution in [0.3, 0.4) is 0 Å². The van der Waals surface area contributed by atoms with E-state index in [9.17, 15) is 13.2 Å². The average molecular weight is 238 g/mol. The van der Waals surface area contributed by atoms with Gasteiger partial charge >= 0.3 is 5.97 Å². The maximum atomic E-state index is 11.3. The van der Waals surface area contributed by atoms with Crippen LogP contribution in [0, 0.1) is 5.92 Å². The molecule has 0 aromatic heterocycles. The monoisotopic (exact) mass is 238 g/mol. The predicted octanol–water partition coefficient (Wildman–Crippen LogP) is -1.47. The number of aliphatic carboxylic acids is 1. The Bertz CT molecular complexity index is 328. The van der Waals surface area contributed by atoms with Crippen molar-refractivity contribution in [2.45, 2.75) is 13.0 Å². The van der Waals surface area contributed by atoms with Crippen LogP contribution in [0.2, 0.25) is 0 Å². The van der Waals surface area contributed by atoms with Crippen LogP contribution in [0.1, 0.15) is 6.92 Å². The van der Waals surface area contributed by atoms with Gasteiger partial charge in [-0.25, -0.2) is 4.72 Å². The molecule has 1 heterocycles. The topological polar surface area (TPSA) is 105 Å². The molecule has 2 unspecified atom stereocenters. The van der Waals surface area contributed by atoms with Crippen LogP contribution >= 0.6 is 0 Å². The van der Waals surface area contributed by atoms with Gasteiger partial charge in [0.15, 0.2) is 0 Å². The molecule has 1 aliphatic rings. The molecule has 1 fully saturated rings. The van der Waals surface area contributed by atoms with Gasteiger partial charge in [-0.15, -0.1) is 0 Å². The summed E-state index contributed by atoms with van der Waals surface area (Å²) in [6.45, 7) is 2.01. The first-order chi connectivity index (χ1) is 6.96. The van der Waals surface area contributed by atoms with Gasteiger partial charge in [-0.05, 0) is 0 Å². The number of rotatable bonds is 5. The molecule has 88 valence electrons. The molecule has 0 spiro atoms. The van der Waals surface area contributed by atoms with E-state index in [1.165, 1.54) is 0 Å². The molecule has 0 aromatic rings. The highest BCUT2D eigenvalue weighted by atomic mass is 32.2. The Morgan fingerprint density at radius 3 is 2.73 bits per heavy atom. The van der Waals surface area contributed by atoms with E-state index in [4.69, 9.17) is 9.84 Å². The largest absolute Gasteiger partial charge is 0.481 e. The number of carbonyl (C=O) groups is 1. The van der Waals surface area contributed by atoms with E-state index in [0.29, 0.717) is 0 Å². The highest BCUT2D eigenvalue weighted by molar-refractivity contribution is 7.87. The predicted molar refractivity (Wildman–Crippen MR) is 51.5 cm³/mol. The lowest BCUT2D eigenvalue weighted by Gasteiger charge is -2.15. The van der Waals surface area contributed by atoms with Gasteiger partial charge in [-0.1, -0.05) is 6.92 Å². The van der Waals surface area contributed by atoms with E-state index in [0.717, 1.165) is 0 Å². The van der Waals surface area contributed by atoms with E-state index in [-0.39, 0.29) is 19.8 Å². The summed E-state index contributed by atoms with van der Waals surface area (Å²) in [6.07, 6.45) is 0. The fraction of sp³-hybridized carbons (Fsp3) is 0.857. The zero-order valence-electron chi connectivity index (χ0n) is 8.26. The summed E-state index contributed by atoms with van der Waals surface area (Å²) in [7, 11) is -3.62. The molecule has 15 heavy (non-hydrogen) atoms. The molecule has 0 saturated carbocycles. The average Bonchev–Trinajstić information content (AvgIpc) is 2.50. The summed E-state index contributed by atoms with van der Waals surface area (Å²) < 4.78 is 32.0. The van der Waals surface area contributed by atoms with Crippen molar-refractivity contribution in [3.05, 3.63) is 0 Å². The normalized spacial score (nSPS) is 26.7. The minimum absolute atomic E-state index is 0.0364. The van der Waals surface area contributed by atoms with Gasteiger partial charge in [0.1, 0.15) is 0 Å². The second kappa shape index (κ2) is 4.88. The Morgan fingerprint density at radius 2 is 2.20 bits per heavy atom. The molecule has 0 amide bonds. The molecule has 0 aliphatic carbocycles. The minimum atomic E-state index is -3.62. The molecular formula is C7H14N2O5S. The van der Waals surface area contributed by atoms with Gasteiger partial charge < -0.3 is 9.84 Å². The van der Waals surface area contributed by atoms with Crippen LogP contribution in [0.15, 0.2) is 0 Å². The van der Waals surface area contributed by atoms with Crippen LogP contribution < -0.4 is 9.44 Å². The number of hydrogen-bond donors (Lipinski definition) is 3. The second-order valence-electron chi connectivity index (χ2n) is 3.21. The van der Waals surface area contributed by atoms with Crippen molar-refractivity contribution in [3.8, 4) is 0 Å². The van der Waals surface area contributed by atoms with Crippen molar-refractivity contribution in [2.24, 2.45) is 5.92 Å². The lowest BCUT2D eigenvalue weighted by molar-refractivity contribution is -0.142. The fourth-order valence-electron chi connectivity index (χ4n) is 1.34. The summed E-state index contributed by atoms with van der Waals surface area (Å²) >= 11 is 0. The van der Waals surface area contributed by atoms with Crippen molar-refractivity contribution in [1.29, 1.82) is 0 Å².